The van der Waals surface area contributed by atoms with Gasteiger partial charge >= 0.3 is 31.9 Å². The van der Waals surface area contributed by atoms with Crippen LogP contribution in [-0.4, -0.2) is 63.4 Å². The van der Waals surface area contributed by atoms with E-state index >= 15 is 0 Å². The number of anilines is 4. The Morgan fingerprint density at radius 3 is 1.22 bits per heavy atom. The van der Waals surface area contributed by atoms with Gasteiger partial charge in [0.25, 0.3) is 0 Å². The maximum Gasteiger partial charge on any atom is 0.345 e. The summed E-state index contributed by atoms with van der Waals surface area (Å²) >= 11 is 3.19. The van der Waals surface area contributed by atoms with Gasteiger partial charge in [0.1, 0.15) is 24.8 Å². The lowest BCUT2D eigenvalue weighted by Gasteiger charge is -2.06. The highest BCUT2D eigenvalue weighted by molar-refractivity contribution is 7.19. The predicted octanol–water partition coefficient (Wildman–Crippen LogP) is 3.67. The van der Waals surface area contributed by atoms with Crippen LogP contribution in [0.15, 0.2) is 24.8 Å². The molecule has 0 aliphatic carbocycles. The van der Waals surface area contributed by atoms with Crippen LogP contribution in [0.4, 0.5) is 40.5 Å². The van der Waals surface area contributed by atoms with Crippen molar-refractivity contribution in [3.8, 4) is 0 Å². The Labute approximate surface area is 298 Å². The van der Waals surface area contributed by atoms with Gasteiger partial charge in [-0.3, -0.25) is 59.6 Å². The zero-order valence-corrected chi connectivity index (χ0v) is 28.5. The van der Waals surface area contributed by atoms with Gasteiger partial charge in [-0.25, -0.2) is 19.9 Å². The molecule has 4 aromatic heterocycles. The van der Waals surface area contributed by atoms with Crippen molar-refractivity contribution in [3.63, 3.8) is 0 Å². The highest BCUT2D eigenvalue weighted by Crippen LogP contribution is 2.26. The van der Waals surface area contributed by atoms with Crippen LogP contribution in [0.5, 0.6) is 0 Å². The quantitative estimate of drug-likeness (QED) is 0.0770. The summed E-state index contributed by atoms with van der Waals surface area (Å²) in [6, 6.07) is 0. The van der Waals surface area contributed by atoms with Crippen LogP contribution in [0.1, 0.15) is 38.5 Å². The van der Waals surface area contributed by atoms with Crippen molar-refractivity contribution in [2.45, 2.75) is 38.5 Å². The molecule has 1 saturated heterocycles. The zero-order chi connectivity index (χ0) is 38.1. The molecule has 51 heavy (non-hydrogen) atoms. The fourth-order valence-corrected chi connectivity index (χ4v) is 5.22. The Bertz CT molecular complexity index is 1760. The first kappa shape index (κ1) is 41.0. The number of amides is 2. The van der Waals surface area contributed by atoms with E-state index in [1.807, 2.05) is 0 Å². The molecule has 5 heterocycles. The van der Waals surface area contributed by atoms with Crippen molar-refractivity contribution >= 4 is 110 Å². The number of aromatic nitrogens is 4. The third-order valence-electron chi connectivity index (χ3n) is 5.02. The molecule has 4 aromatic rings. The van der Waals surface area contributed by atoms with Crippen LogP contribution >= 0.6 is 45.3 Å². The molecule has 25 nitrogen and oxygen atoms in total. The average Bonchev–Trinajstić information content (AvgIpc) is 3.86. The van der Waals surface area contributed by atoms with E-state index in [2.05, 4.69) is 35.3 Å². The molecular weight excluding hydrogens is 769 g/mol. The number of rotatable bonds is 10. The molecule has 0 bridgehead atoms. The van der Waals surface area contributed by atoms with Crippen molar-refractivity contribution < 1.29 is 43.6 Å². The van der Waals surface area contributed by atoms with Gasteiger partial charge in [-0.15, -0.1) is 0 Å². The van der Waals surface area contributed by atoms with Crippen LogP contribution < -0.4 is 22.1 Å². The van der Waals surface area contributed by atoms with E-state index in [1.54, 1.807) is 0 Å². The van der Waals surface area contributed by atoms with Crippen molar-refractivity contribution in [1.29, 1.82) is 0 Å². The molecule has 0 radical (unpaired) electrons. The average molecular weight is 791 g/mol. The number of thiazole rings is 4. The number of carbonyl (C=O) groups excluding carboxylic acids is 4. The molecule has 0 unspecified atom stereocenters. The third kappa shape index (κ3) is 15.7. The lowest BCUT2D eigenvalue weighted by molar-refractivity contribution is -0.380. The van der Waals surface area contributed by atoms with Gasteiger partial charge in [0.2, 0.25) is 11.8 Å². The van der Waals surface area contributed by atoms with Crippen molar-refractivity contribution in [2.24, 2.45) is 0 Å². The number of esters is 2. The largest absolute Gasteiger partial charge is 0.393 e. The van der Waals surface area contributed by atoms with Gasteiger partial charge in [-0.2, -0.15) is 0 Å². The number of hydrogen-bond acceptors (Lipinski definition) is 23. The highest BCUT2D eigenvalue weighted by Gasteiger charge is 2.17. The lowest BCUT2D eigenvalue weighted by Crippen LogP contribution is -2.17. The Kier molecular flexibility index (Phi) is 16.3. The van der Waals surface area contributed by atoms with Gasteiger partial charge < -0.3 is 26.8 Å². The van der Waals surface area contributed by atoms with E-state index in [0.29, 0.717) is 19.3 Å². The first-order valence-corrected chi connectivity index (χ1v) is 16.6. The summed E-state index contributed by atoms with van der Waals surface area (Å²) in [6.45, 7) is 0. The summed E-state index contributed by atoms with van der Waals surface area (Å²) in [5.74, 6) is -1.63. The van der Waals surface area contributed by atoms with Crippen LogP contribution in [0.25, 0.3) is 0 Å². The van der Waals surface area contributed by atoms with Gasteiger partial charge in [-0.05, 0) is 58.2 Å². The fourth-order valence-electron chi connectivity index (χ4n) is 2.92. The second-order valence-electron chi connectivity index (χ2n) is 8.76. The third-order valence-corrected chi connectivity index (χ3v) is 8.30. The standard InChI is InChI=1S/C11H10N6O6S2.C5H6O3.2C3H3N3O2S/c18-6(14-10-12-4-8(24-10)16(20)21)2-1-3-7(19)15-11-13-5-9(25-11)17(22)23;6-4-2-1-3-5(7)8-4;2*4-3-5-1-2(9-3)6(7)8/h4-5H,1-3H2,(H,12,14,18)(H,13,15,19);1-3H2;2*1H,(H2,4,5). The number of ether oxygens (including phenoxy) is 1. The SMILES string of the molecule is Nc1ncc([N+](=O)[O-])s1.Nc1ncc([N+](=O)[O-])s1.O=C(CCCC(=O)Nc1ncc([N+](=O)[O-])s1)Nc1ncc([N+](=O)[O-])s1.O=C1CCCC(=O)O1. The minimum Gasteiger partial charge on any atom is -0.393 e. The van der Waals surface area contributed by atoms with Crippen LogP contribution in [-0.2, 0) is 23.9 Å². The number of nitro groups is 4. The Balaban J connectivity index is 0.000000280. The minimum atomic E-state index is -0.611. The second-order valence-corrected chi connectivity index (χ2v) is 12.9. The highest BCUT2D eigenvalue weighted by atomic mass is 32.1. The maximum absolute atomic E-state index is 11.7. The van der Waals surface area contributed by atoms with E-state index in [-0.39, 0.29) is 71.7 Å². The first-order valence-electron chi connectivity index (χ1n) is 13.3. The summed E-state index contributed by atoms with van der Waals surface area (Å²) in [5.41, 5.74) is 10.2. The van der Waals surface area contributed by atoms with Crippen LogP contribution in [0.2, 0.25) is 0 Å². The Hall–Kier alpha value is -6.20. The monoisotopic (exact) mass is 790 g/mol. The zero-order valence-electron chi connectivity index (χ0n) is 25.2. The topological polar surface area (TPSA) is 378 Å². The van der Waals surface area contributed by atoms with E-state index in [9.17, 15) is 59.6 Å². The molecule has 0 saturated carbocycles. The smallest absolute Gasteiger partial charge is 0.345 e. The van der Waals surface area contributed by atoms with Gasteiger partial charge in [0.05, 0.1) is 19.7 Å². The first-order chi connectivity index (χ1) is 24.0. The number of nitrogen functional groups attached to an aromatic ring is 2. The molecule has 1 aliphatic heterocycles. The van der Waals surface area contributed by atoms with Crippen molar-refractivity contribution in [1.82, 2.24) is 19.9 Å². The molecule has 29 heteroatoms. The molecule has 0 atom stereocenters. The fraction of sp³-hybridized carbons (Fsp3) is 0.273. The Morgan fingerprint density at radius 1 is 0.647 bits per heavy atom. The van der Waals surface area contributed by atoms with Gasteiger partial charge in [-0.1, -0.05) is 0 Å². The molecular formula is C22H22N12O13S4. The summed E-state index contributed by atoms with van der Waals surface area (Å²) in [7, 11) is 0. The number of carbonyl (C=O) groups is 4. The minimum absolute atomic E-state index is 0.0127. The number of nitrogens with two attached hydrogens (primary N) is 2. The molecule has 6 N–H and O–H groups in total. The van der Waals surface area contributed by atoms with E-state index in [4.69, 9.17) is 11.5 Å². The van der Waals surface area contributed by atoms with E-state index in [1.165, 1.54) is 0 Å². The summed E-state index contributed by atoms with van der Waals surface area (Å²) in [4.78, 5) is 96.8. The molecule has 1 fully saturated rings. The molecule has 0 spiro atoms. The van der Waals surface area contributed by atoms with Crippen molar-refractivity contribution in [2.75, 3.05) is 22.1 Å². The molecule has 0 aromatic carbocycles. The number of nitrogens with one attached hydrogen (secondary N) is 2. The molecule has 272 valence electrons. The van der Waals surface area contributed by atoms with Gasteiger partial charge in [0, 0.05) is 25.7 Å². The summed E-state index contributed by atoms with van der Waals surface area (Å²) < 4.78 is 4.21. The molecule has 1 aliphatic rings. The lowest BCUT2D eigenvalue weighted by atomic mass is 10.2. The van der Waals surface area contributed by atoms with Crippen LogP contribution in [0.3, 0.4) is 0 Å². The number of hydrogen-bond donors (Lipinski definition) is 4. The summed E-state index contributed by atoms with van der Waals surface area (Å²) in [5, 5.41) is 45.9. The predicted molar refractivity (Wildman–Crippen MR) is 180 cm³/mol. The van der Waals surface area contributed by atoms with Gasteiger partial charge in [0.15, 0.2) is 20.5 Å². The molecule has 2 amide bonds. The van der Waals surface area contributed by atoms with Crippen LogP contribution in [0, 0.1) is 40.5 Å². The Morgan fingerprint density at radius 2 is 0.980 bits per heavy atom. The van der Waals surface area contributed by atoms with E-state index in [0.717, 1.165) is 70.1 Å². The van der Waals surface area contributed by atoms with E-state index < -0.39 is 31.5 Å². The summed E-state index contributed by atoms with van der Waals surface area (Å²) in [6.07, 6.45) is 6.05. The normalized spacial score (nSPS) is 11.5. The maximum atomic E-state index is 11.7. The number of cyclic esters (lactones) is 2. The second kappa shape index (κ2) is 20.3. The van der Waals surface area contributed by atoms with Crippen molar-refractivity contribution in [3.05, 3.63) is 65.2 Å². The molecule has 5 rings (SSSR count). The number of nitrogens with zero attached hydrogens (tertiary/aromatic N) is 8.